The highest BCUT2D eigenvalue weighted by Crippen LogP contribution is 2.27. The molecule has 0 spiro atoms. The third-order valence-electron chi connectivity index (χ3n) is 1.73. The average molecular weight is 217 g/mol. The van der Waals surface area contributed by atoms with Gasteiger partial charge in [0.1, 0.15) is 11.8 Å². The Morgan fingerprint density at radius 1 is 1.47 bits per heavy atom. The molecule has 0 atom stereocenters. The molecule has 1 aromatic heterocycles. The zero-order chi connectivity index (χ0) is 10.7. The fourth-order valence-corrected chi connectivity index (χ4v) is 1.58. The first-order valence-electron chi connectivity index (χ1n) is 4.16. The second kappa shape index (κ2) is 3.98. The van der Waals surface area contributed by atoms with Gasteiger partial charge in [-0.25, -0.2) is 4.98 Å². The van der Waals surface area contributed by atoms with Crippen LogP contribution in [0.4, 0.5) is 5.69 Å². The zero-order valence-electron chi connectivity index (χ0n) is 7.68. The first kappa shape index (κ1) is 9.49. The van der Waals surface area contributed by atoms with Crippen LogP contribution < -0.4 is 10.5 Å². The first-order valence-corrected chi connectivity index (χ1v) is 5.04. The van der Waals surface area contributed by atoms with Crippen molar-refractivity contribution < 1.29 is 4.74 Å². The molecule has 4 nitrogen and oxygen atoms in total. The molecule has 0 saturated heterocycles. The lowest BCUT2D eigenvalue weighted by atomic mass is 10.2. The van der Waals surface area contributed by atoms with Gasteiger partial charge >= 0.3 is 0 Å². The Balaban J connectivity index is 2.33. The second-order valence-corrected chi connectivity index (χ2v) is 3.62. The predicted octanol–water partition coefficient (Wildman–Crippen LogP) is 2.39. The number of thiazole rings is 1. The molecular formula is C10H7N3OS. The van der Waals surface area contributed by atoms with Crippen LogP contribution in [0.15, 0.2) is 29.8 Å². The Morgan fingerprint density at radius 3 is 3.00 bits per heavy atom. The highest BCUT2D eigenvalue weighted by molar-refractivity contribution is 7.11. The van der Waals surface area contributed by atoms with E-state index in [1.807, 2.05) is 6.07 Å². The molecule has 1 heterocycles. The topological polar surface area (TPSA) is 71.9 Å². The molecule has 0 aliphatic rings. The molecule has 2 aromatic rings. The SMILES string of the molecule is N#Cc1cc(N)ccc1Oc1nccs1. The molecule has 0 unspecified atom stereocenters. The standard InChI is InChI=1S/C10H7N3OS/c11-6-7-5-8(12)1-2-9(7)14-10-13-3-4-15-10/h1-5H,12H2. The number of nitrogens with two attached hydrogens (primary N) is 1. The Hall–Kier alpha value is -2.06. The molecule has 2 rings (SSSR count). The van der Waals surface area contributed by atoms with E-state index in [9.17, 15) is 0 Å². The summed E-state index contributed by atoms with van der Waals surface area (Å²) in [6.45, 7) is 0. The van der Waals surface area contributed by atoms with Crippen molar-refractivity contribution in [1.82, 2.24) is 4.98 Å². The molecule has 15 heavy (non-hydrogen) atoms. The highest BCUT2D eigenvalue weighted by atomic mass is 32.1. The van der Waals surface area contributed by atoms with Crippen molar-refractivity contribution in [2.24, 2.45) is 0 Å². The minimum atomic E-state index is 0.408. The van der Waals surface area contributed by atoms with Gasteiger partial charge in [0.05, 0.1) is 5.56 Å². The van der Waals surface area contributed by atoms with E-state index in [4.69, 9.17) is 15.7 Å². The zero-order valence-corrected chi connectivity index (χ0v) is 8.49. The van der Waals surface area contributed by atoms with Crippen molar-refractivity contribution in [3.63, 3.8) is 0 Å². The maximum Gasteiger partial charge on any atom is 0.278 e. The third kappa shape index (κ3) is 2.06. The molecule has 1 aromatic carbocycles. The van der Waals surface area contributed by atoms with Crippen LogP contribution >= 0.6 is 11.3 Å². The molecule has 0 fully saturated rings. The molecule has 74 valence electrons. The Kier molecular flexibility index (Phi) is 2.52. The number of nitriles is 1. The summed E-state index contributed by atoms with van der Waals surface area (Å²) < 4.78 is 5.42. The van der Waals surface area contributed by atoms with Gasteiger partial charge in [-0.3, -0.25) is 0 Å². The van der Waals surface area contributed by atoms with Gasteiger partial charge in [0, 0.05) is 17.3 Å². The predicted molar refractivity (Wildman–Crippen MR) is 57.8 cm³/mol. The van der Waals surface area contributed by atoms with Gasteiger partial charge in [0.25, 0.3) is 5.19 Å². The van der Waals surface area contributed by atoms with Crippen LogP contribution in [0.5, 0.6) is 10.9 Å². The monoisotopic (exact) mass is 217 g/mol. The van der Waals surface area contributed by atoms with Crippen LogP contribution in [0.1, 0.15) is 5.56 Å². The maximum absolute atomic E-state index is 8.87. The molecule has 0 radical (unpaired) electrons. The van der Waals surface area contributed by atoms with E-state index in [2.05, 4.69) is 4.98 Å². The normalized spacial score (nSPS) is 9.53. The fourth-order valence-electron chi connectivity index (χ4n) is 1.08. The highest BCUT2D eigenvalue weighted by Gasteiger charge is 2.06. The van der Waals surface area contributed by atoms with Crippen molar-refractivity contribution in [3.8, 4) is 17.0 Å². The molecule has 0 aliphatic carbocycles. The number of hydrogen-bond donors (Lipinski definition) is 1. The van der Waals surface area contributed by atoms with Crippen molar-refractivity contribution in [2.45, 2.75) is 0 Å². The summed E-state index contributed by atoms with van der Waals surface area (Å²) in [5.41, 5.74) is 6.50. The Labute approximate surface area is 90.6 Å². The number of aromatic nitrogens is 1. The largest absolute Gasteiger partial charge is 0.429 e. The summed E-state index contributed by atoms with van der Waals surface area (Å²) in [5.74, 6) is 0.474. The first-order chi connectivity index (χ1) is 7.29. The number of ether oxygens (including phenoxy) is 1. The van der Waals surface area contributed by atoms with Gasteiger partial charge < -0.3 is 10.5 Å². The Morgan fingerprint density at radius 2 is 2.33 bits per heavy atom. The van der Waals surface area contributed by atoms with E-state index in [-0.39, 0.29) is 0 Å². The molecule has 5 heteroatoms. The van der Waals surface area contributed by atoms with E-state index in [1.54, 1.807) is 29.8 Å². The van der Waals surface area contributed by atoms with Crippen molar-refractivity contribution in [2.75, 3.05) is 5.73 Å². The van der Waals surface area contributed by atoms with Crippen molar-refractivity contribution >= 4 is 17.0 Å². The lowest BCUT2D eigenvalue weighted by molar-refractivity contribution is 0.477. The van der Waals surface area contributed by atoms with E-state index >= 15 is 0 Å². The smallest absolute Gasteiger partial charge is 0.278 e. The minimum absolute atomic E-state index is 0.408. The van der Waals surface area contributed by atoms with Crippen molar-refractivity contribution in [3.05, 3.63) is 35.3 Å². The lowest BCUT2D eigenvalue weighted by Crippen LogP contribution is -1.90. The van der Waals surface area contributed by atoms with Crippen LogP contribution in [-0.4, -0.2) is 4.98 Å². The molecular weight excluding hydrogens is 210 g/mol. The maximum atomic E-state index is 8.87. The van der Waals surface area contributed by atoms with E-state index < -0.39 is 0 Å². The van der Waals surface area contributed by atoms with Crippen LogP contribution in [0.25, 0.3) is 0 Å². The van der Waals surface area contributed by atoms with Gasteiger partial charge in [-0.1, -0.05) is 11.3 Å². The minimum Gasteiger partial charge on any atom is -0.429 e. The fraction of sp³-hybridized carbons (Fsp3) is 0. The quantitative estimate of drug-likeness (QED) is 0.784. The van der Waals surface area contributed by atoms with E-state index in [1.165, 1.54) is 11.3 Å². The summed E-state index contributed by atoms with van der Waals surface area (Å²) in [7, 11) is 0. The molecule has 0 amide bonds. The van der Waals surface area contributed by atoms with Crippen LogP contribution in [-0.2, 0) is 0 Å². The molecule has 2 N–H and O–H groups in total. The number of anilines is 1. The summed E-state index contributed by atoms with van der Waals surface area (Å²) in [6.07, 6.45) is 1.64. The number of rotatable bonds is 2. The second-order valence-electron chi connectivity index (χ2n) is 2.77. The van der Waals surface area contributed by atoms with Gasteiger partial charge in [-0.2, -0.15) is 5.26 Å². The summed E-state index contributed by atoms with van der Waals surface area (Å²) in [4.78, 5) is 3.96. The third-order valence-corrected chi connectivity index (χ3v) is 2.38. The Bertz CT molecular complexity index is 502. The van der Waals surface area contributed by atoms with Crippen molar-refractivity contribution in [1.29, 1.82) is 5.26 Å². The molecule has 0 bridgehead atoms. The lowest BCUT2D eigenvalue weighted by Gasteiger charge is -2.03. The van der Waals surface area contributed by atoms with Gasteiger partial charge in [-0.05, 0) is 18.2 Å². The van der Waals surface area contributed by atoms with Crippen LogP contribution in [0.2, 0.25) is 0 Å². The van der Waals surface area contributed by atoms with E-state index in [0.29, 0.717) is 22.2 Å². The summed E-state index contributed by atoms with van der Waals surface area (Å²) in [5, 5.41) is 11.2. The molecule has 0 aliphatic heterocycles. The van der Waals surface area contributed by atoms with E-state index in [0.717, 1.165) is 0 Å². The average Bonchev–Trinajstić information content (AvgIpc) is 2.73. The van der Waals surface area contributed by atoms with Gasteiger partial charge in [0.15, 0.2) is 0 Å². The number of nitrogens with zero attached hydrogens (tertiary/aromatic N) is 2. The van der Waals surface area contributed by atoms with Gasteiger partial charge in [-0.15, -0.1) is 0 Å². The van der Waals surface area contributed by atoms with Crippen LogP contribution in [0.3, 0.4) is 0 Å². The van der Waals surface area contributed by atoms with Crippen LogP contribution in [0, 0.1) is 11.3 Å². The molecule has 0 saturated carbocycles. The summed E-state index contributed by atoms with van der Waals surface area (Å²) in [6, 6.07) is 6.94. The number of hydrogen-bond acceptors (Lipinski definition) is 5. The van der Waals surface area contributed by atoms with Gasteiger partial charge in [0.2, 0.25) is 0 Å². The summed E-state index contributed by atoms with van der Waals surface area (Å²) >= 11 is 1.37. The number of benzene rings is 1. The number of nitrogen functional groups attached to an aromatic ring is 1.